The van der Waals surface area contributed by atoms with Gasteiger partial charge in [-0.05, 0) is 13.0 Å². The first-order valence-corrected chi connectivity index (χ1v) is 3.02. The number of rotatable bonds is 2. The second-order valence-corrected chi connectivity index (χ2v) is 1.87. The highest BCUT2D eigenvalue weighted by Crippen LogP contribution is 1.94. The summed E-state index contributed by atoms with van der Waals surface area (Å²) in [6.45, 7) is 1.56. The lowest BCUT2D eigenvalue weighted by Crippen LogP contribution is -2.41. The SMILES string of the molecule is CNC(=O)N(N)/C(C)=C\C=O. The van der Waals surface area contributed by atoms with Crippen LogP contribution in [-0.2, 0) is 4.79 Å². The zero-order valence-electron chi connectivity index (χ0n) is 6.50. The van der Waals surface area contributed by atoms with Crippen LogP contribution in [-0.4, -0.2) is 24.4 Å². The Hall–Kier alpha value is -1.36. The lowest BCUT2D eigenvalue weighted by molar-refractivity contribution is -0.104. The van der Waals surface area contributed by atoms with Crippen molar-refractivity contribution in [3.8, 4) is 0 Å². The van der Waals surface area contributed by atoms with E-state index < -0.39 is 6.03 Å². The van der Waals surface area contributed by atoms with Gasteiger partial charge in [0.2, 0.25) is 0 Å². The van der Waals surface area contributed by atoms with Crippen molar-refractivity contribution < 1.29 is 9.59 Å². The predicted octanol–water partition coefficient (Wildman–Crippen LogP) is -0.396. The Morgan fingerprint density at radius 3 is 2.55 bits per heavy atom. The molecule has 0 unspecified atom stereocenters. The fraction of sp³-hybridized carbons (Fsp3) is 0.333. The van der Waals surface area contributed by atoms with Gasteiger partial charge in [-0.15, -0.1) is 0 Å². The number of amides is 2. The minimum atomic E-state index is -0.458. The predicted molar refractivity (Wildman–Crippen MR) is 40.3 cm³/mol. The highest BCUT2D eigenvalue weighted by atomic mass is 16.2. The fourth-order valence-electron chi connectivity index (χ4n) is 0.459. The van der Waals surface area contributed by atoms with Gasteiger partial charge < -0.3 is 5.32 Å². The first kappa shape index (κ1) is 9.64. The molecule has 5 nitrogen and oxygen atoms in total. The third-order valence-corrected chi connectivity index (χ3v) is 1.12. The summed E-state index contributed by atoms with van der Waals surface area (Å²) >= 11 is 0. The van der Waals surface area contributed by atoms with E-state index >= 15 is 0 Å². The number of hydrogen-bond donors (Lipinski definition) is 2. The molecule has 0 atom stereocenters. The van der Waals surface area contributed by atoms with E-state index in [1.54, 1.807) is 6.92 Å². The zero-order valence-corrected chi connectivity index (χ0v) is 6.50. The smallest absolute Gasteiger partial charge is 0.335 e. The van der Waals surface area contributed by atoms with E-state index in [0.717, 1.165) is 5.01 Å². The van der Waals surface area contributed by atoms with E-state index in [1.165, 1.54) is 13.1 Å². The van der Waals surface area contributed by atoms with Crippen molar-refractivity contribution >= 4 is 12.3 Å². The molecule has 0 aliphatic rings. The van der Waals surface area contributed by atoms with E-state index in [-0.39, 0.29) is 0 Å². The molecular formula is C6H11N3O2. The summed E-state index contributed by atoms with van der Waals surface area (Å²) in [5, 5.41) is 3.16. The Kier molecular flexibility index (Phi) is 3.90. The number of aldehydes is 1. The van der Waals surface area contributed by atoms with Gasteiger partial charge in [-0.2, -0.15) is 0 Å². The average Bonchev–Trinajstić information content (AvgIpc) is 2.02. The Bertz CT molecular complexity index is 188. The van der Waals surface area contributed by atoms with Gasteiger partial charge in [0.05, 0.1) is 0 Å². The number of nitrogens with zero attached hydrogens (tertiary/aromatic N) is 1. The van der Waals surface area contributed by atoms with Crippen molar-refractivity contribution in [1.29, 1.82) is 0 Å². The first-order valence-electron chi connectivity index (χ1n) is 3.02. The molecule has 0 aromatic rings. The number of nitrogens with two attached hydrogens (primary N) is 1. The van der Waals surface area contributed by atoms with Crippen molar-refractivity contribution in [3.63, 3.8) is 0 Å². The van der Waals surface area contributed by atoms with Gasteiger partial charge in [0.15, 0.2) is 0 Å². The van der Waals surface area contributed by atoms with Crippen LogP contribution in [0.3, 0.4) is 0 Å². The molecule has 0 fully saturated rings. The molecule has 2 amide bonds. The first-order chi connectivity index (χ1) is 5.13. The highest BCUT2D eigenvalue weighted by Gasteiger charge is 2.06. The Labute approximate surface area is 64.8 Å². The van der Waals surface area contributed by atoms with Gasteiger partial charge >= 0.3 is 6.03 Å². The van der Waals surface area contributed by atoms with Gasteiger partial charge in [0, 0.05) is 12.7 Å². The van der Waals surface area contributed by atoms with Crippen LogP contribution in [0, 0.1) is 0 Å². The highest BCUT2D eigenvalue weighted by molar-refractivity contribution is 5.76. The molecular weight excluding hydrogens is 146 g/mol. The number of allylic oxidation sites excluding steroid dienone is 2. The van der Waals surface area contributed by atoms with Crippen LogP contribution in [0.15, 0.2) is 11.8 Å². The Morgan fingerprint density at radius 2 is 2.18 bits per heavy atom. The van der Waals surface area contributed by atoms with E-state index in [9.17, 15) is 9.59 Å². The van der Waals surface area contributed by atoms with Crippen LogP contribution in [0.1, 0.15) is 6.92 Å². The van der Waals surface area contributed by atoms with Crippen LogP contribution >= 0.6 is 0 Å². The van der Waals surface area contributed by atoms with Crippen molar-refractivity contribution in [3.05, 3.63) is 11.8 Å². The Morgan fingerprint density at radius 1 is 1.64 bits per heavy atom. The monoisotopic (exact) mass is 157 g/mol. The van der Waals surface area contributed by atoms with Crippen LogP contribution in [0.4, 0.5) is 4.79 Å². The molecule has 0 spiro atoms. The molecule has 3 N–H and O–H groups in total. The van der Waals surface area contributed by atoms with Crippen molar-refractivity contribution in [2.45, 2.75) is 6.92 Å². The molecule has 0 aliphatic carbocycles. The summed E-state index contributed by atoms with van der Waals surface area (Å²) in [4.78, 5) is 20.7. The zero-order chi connectivity index (χ0) is 8.85. The fourth-order valence-corrected chi connectivity index (χ4v) is 0.459. The van der Waals surface area contributed by atoms with Crippen LogP contribution < -0.4 is 11.2 Å². The quantitative estimate of drug-likeness (QED) is 0.188. The second kappa shape index (κ2) is 4.45. The van der Waals surface area contributed by atoms with Gasteiger partial charge in [-0.25, -0.2) is 15.6 Å². The number of nitrogens with one attached hydrogen (secondary N) is 1. The maximum absolute atomic E-state index is 10.8. The number of carbonyl (C=O) groups is 2. The molecule has 0 aromatic heterocycles. The third-order valence-electron chi connectivity index (χ3n) is 1.12. The van der Waals surface area contributed by atoms with Crippen molar-refractivity contribution in [1.82, 2.24) is 10.3 Å². The van der Waals surface area contributed by atoms with Gasteiger partial charge in [0.25, 0.3) is 0 Å². The maximum Gasteiger partial charge on any atom is 0.335 e. The topological polar surface area (TPSA) is 75.4 Å². The van der Waals surface area contributed by atoms with Gasteiger partial charge in [0.1, 0.15) is 6.29 Å². The number of hydrogen-bond acceptors (Lipinski definition) is 3. The molecule has 0 aromatic carbocycles. The summed E-state index contributed by atoms with van der Waals surface area (Å²) < 4.78 is 0. The van der Waals surface area contributed by atoms with E-state index in [0.29, 0.717) is 12.0 Å². The summed E-state index contributed by atoms with van der Waals surface area (Å²) in [6, 6.07) is -0.458. The van der Waals surface area contributed by atoms with Gasteiger partial charge in [-0.3, -0.25) is 4.79 Å². The van der Waals surface area contributed by atoms with Crippen molar-refractivity contribution in [2.75, 3.05) is 7.05 Å². The lowest BCUT2D eigenvalue weighted by atomic mass is 10.4. The molecule has 0 bridgehead atoms. The molecule has 0 rings (SSSR count). The maximum atomic E-state index is 10.8. The largest absolute Gasteiger partial charge is 0.340 e. The normalized spacial score (nSPS) is 10.6. The van der Waals surface area contributed by atoms with E-state index in [1.807, 2.05) is 0 Å². The summed E-state index contributed by atoms with van der Waals surface area (Å²) in [6.07, 6.45) is 1.77. The second-order valence-electron chi connectivity index (χ2n) is 1.87. The number of carbonyl (C=O) groups excluding carboxylic acids is 2. The molecule has 0 saturated carbocycles. The minimum Gasteiger partial charge on any atom is -0.340 e. The average molecular weight is 157 g/mol. The third kappa shape index (κ3) is 2.81. The molecule has 0 heterocycles. The Balaban J connectivity index is 4.23. The lowest BCUT2D eigenvalue weighted by Gasteiger charge is -2.14. The van der Waals surface area contributed by atoms with E-state index in [2.05, 4.69) is 5.32 Å². The molecule has 0 aliphatic heterocycles. The summed E-state index contributed by atoms with van der Waals surface area (Å²) in [5.74, 6) is 5.25. The van der Waals surface area contributed by atoms with Crippen molar-refractivity contribution in [2.24, 2.45) is 5.84 Å². The summed E-state index contributed by atoms with van der Waals surface area (Å²) in [5.41, 5.74) is 0.388. The van der Waals surface area contributed by atoms with E-state index in [4.69, 9.17) is 5.84 Å². The summed E-state index contributed by atoms with van der Waals surface area (Å²) in [7, 11) is 1.45. The molecule has 5 heteroatoms. The molecule has 11 heavy (non-hydrogen) atoms. The van der Waals surface area contributed by atoms with Crippen LogP contribution in [0.5, 0.6) is 0 Å². The number of urea groups is 1. The minimum absolute atomic E-state index is 0.388. The standard InChI is InChI=1S/C6H11N3O2/c1-5(3-4-10)9(7)6(11)8-2/h3-4H,7H2,1-2H3,(H,8,11)/b5-3-. The molecule has 0 saturated heterocycles. The molecule has 62 valence electrons. The molecule has 0 radical (unpaired) electrons. The van der Waals surface area contributed by atoms with Crippen LogP contribution in [0.2, 0.25) is 0 Å². The van der Waals surface area contributed by atoms with Gasteiger partial charge in [-0.1, -0.05) is 0 Å². The number of hydrazine groups is 1. The van der Waals surface area contributed by atoms with Crippen LogP contribution in [0.25, 0.3) is 0 Å².